The summed E-state index contributed by atoms with van der Waals surface area (Å²) in [6.45, 7) is 4.60. The maximum Gasteiger partial charge on any atom is 0.308 e. The average Bonchev–Trinajstić information content (AvgIpc) is 3.08. The van der Waals surface area contributed by atoms with Gasteiger partial charge >= 0.3 is 5.97 Å². The van der Waals surface area contributed by atoms with Crippen LogP contribution in [0.15, 0.2) is 60.7 Å². The van der Waals surface area contributed by atoms with Gasteiger partial charge in [0.05, 0.1) is 5.92 Å². The van der Waals surface area contributed by atoms with E-state index in [1.165, 1.54) is 0 Å². The van der Waals surface area contributed by atoms with Gasteiger partial charge in [-0.1, -0.05) is 74.5 Å². The van der Waals surface area contributed by atoms with Crippen LogP contribution in [0.3, 0.4) is 0 Å². The average molecular weight is 351 g/mol. The Morgan fingerprint density at radius 1 is 1.00 bits per heavy atom. The van der Waals surface area contributed by atoms with Crippen molar-refractivity contribution in [2.45, 2.75) is 26.2 Å². The van der Waals surface area contributed by atoms with E-state index in [4.69, 9.17) is 0 Å². The molecule has 1 saturated heterocycles. The van der Waals surface area contributed by atoms with Crippen molar-refractivity contribution in [1.29, 1.82) is 0 Å². The molecule has 0 spiro atoms. The quantitative estimate of drug-likeness (QED) is 0.896. The molecule has 1 amide bonds. The molecule has 1 heterocycles. The lowest BCUT2D eigenvalue weighted by Gasteiger charge is -2.29. The number of amides is 1. The molecule has 136 valence electrons. The number of likely N-dealkylation sites (tertiary alicyclic amines) is 1. The van der Waals surface area contributed by atoms with Crippen LogP contribution in [-0.2, 0) is 16.0 Å². The Labute approximate surface area is 154 Å². The molecule has 1 aliphatic rings. The third-order valence-corrected chi connectivity index (χ3v) is 5.22. The molecule has 0 aliphatic carbocycles. The van der Waals surface area contributed by atoms with Crippen molar-refractivity contribution in [3.63, 3.8) is 0 Å². The highest BCUT2D eigenvalue weighted by molar-refractivity contribution is 5.84. The summed E-state index contributed by atoms with van der Waals surface area (Å²) in [5.41, 5.74) is 1.52. The van der Waals surface area contributed by atoms with E-state index in [0.29, 0.717) is 13.0 Å². The first-order valence-corrected chi connectivity index (χ1v) is 8.99. The smallest absolute Gasteiger partial charge is 0.308 e. The van der Waals surface area contributed by atoms with E-state index in [1.54, 1.807) is 4.90 Å². The summed E-state index contributed by atoms with van der Waals surface area (Å²) in [6.07, 6.45) is 0.636. The number of carboxylic acid groups (broad SMARTS) is 1. The van der Waals surface area contributed by atoms with Crippen molar-refractivity contribution in [1.82, 2.24) is 4.90 Å². The van der Waals surface area contributed by atoms with Gasteiger partial charge in [0.1, 0.15) is 0 Å². The molecule has 2 aromatic carbocycles. The van der Waals surface area contributed by atoms with Crippen molar-refractivity contribution < 1.29 is 14.7 Å². The van der Waals surface area contributed by atoms with Crippen LogP contribution in [0.5, 0.6) is 0 Å². The molecule has 4 nitrogen and oxygen atoms in total. The third-order valence-electron chi connectivity index (χ3n) is 5.22. The molecule has 3 rings (SSSR count). The second-order valence-electron chi connectivity index (χ2n) is 7.72. The van der Waals surface area contributed by atoms with Crippen molar-refractivity contribution >= 4 is 11.9 Å². The zero-order chi connectivity index (χ0) is 18.7. The lowest BCUT2D eigenvalue weighted by molar-refractivity contribution is -0.142. The SMILES string of the molecule is CC(C)(Cc1ccccc1)C(=O)N1C[C@H](C(=O)O)[C@H](c2ccccc2)C1. The van der Waals surface area contributed by atoms with Gasteiger partial charge in [0, 0.05) is 24.4 Å². The number of carboxylic acids is 1. The van der Waals surface area contributed by atoms with Gasteiger partial charge in [0.15, 0.2) is 0 Å². The molecular weight excluding hydrogens is 326 g/mol. The lowest BCUT2D eigenvalue weighted by atomic mass is 9.84. The van der Waals surface area contributed by atoms with Gasteiger partial charge in [-0.05, 0) is 17.5 Å². The van der Waals surface area contributed by atoms with Crippen LogP contribution in [0.2, 0.25) is 0 Å². The fourth-order valence-corrected chi connectivity index (χ4v) is 3.87. The Morgan fingerprint density at radius 3 is 2.15 bits per heavy atom. The van der Waals surface area contributed by atoms with Gasteiger partial charge in [-0.15, -0.1) is 0 Å². The standard InChI is InChI=1S/C22H25NO3/c1-22(2,13-16-9-5-3-6-10-16)21(26)23-14-18(19(15-23)20(24)25)17-11-7-4-8-12-17/h3-12,18-19H,13-15H2,1-2H3,(H,24,25)/t18-,19-/m0/s1. The molecule has 0 radical (unpaired) electrons. The molecule has 1 N–H and O–H groups in total. The Hall–Kier alpha value is -2.62. The van der Waals surface area contributed by atoms with E-state index in [-0.39, 0.29) is 18.4 Å². The molecule has 26 heavy (non-hydrogen) atoms. The number of aliphatic carboxylic acids is 1. The van der Waals surface area contributed by atoms with E-state index in [1.807, 2.05) is 74.5 Å². The molecule has 0 saturated carbocycles. The maximum absolute atomic E-state index is 13.1. The van der Waals surface area contributed by atoms with Gasteiger partial charge in [-0.2, -0.15) is 0 Å². The first-order valence-electron chi connectivity index (χ1n) is 8.99. The predicted molar refractivity (Wildman–Crippen MR) is 101 cm³/mol. The van der Waals surface area contributed by atoms with Crippen LogP contribution >= 0.6 is 0 Å². The van der Waals surface area contributed by atoms with Gasteiger partial charge in [-0.3, -0.25) is 9.59 Å². The monoisotopic (exact) mass is 351 g/mol. The summed E-state index contributed by atoms with van der Waals surface area (Å²) in [5.74, 6) is -1.54. The van der Waals surface area contributed by atoms with Crippen LogP contribution in [0.1, 0.15) is 30.9 Å². The highest BCUT2D eigenvalue weighted by Crippen LogP contribution is 2.36. The van der Waals surface area contributed by atoms with Gasteiger partial charge in [-0.25, -0.2) is 0 Å². The first kappa shape index (κ1) is 18.2. The molecular formula is C22H25NO3. The molecule has 2 aromatic rings. The van der Waals surface area contributed by atoms with Crippen molar-refractivity contribution in [2.24, 2.45) is 11.3 Å². The molecule has 0 bridgehead atoms. The van der Waals surface area contributed by atoms with E-state index >= 15 is 0 Å². The number of carbonyl (C=O) groups is 2. The zero-order valence-corrected chi connectivity index (χ0v) is 15.3. The van der Waals surface area contributed by atoms with E-state index in [2.05, 4.69) is 0 Å². The molecule has 0 unspecified atom stereocenters. The second kappa shape index (κ2) is 7.32. The number of hydrogen-bond acceptors (Lipinski definition) is 2. The number of rotatable bonds is 5. The molecule has 0 aromatic heterocycles. The summed E-state index contributed by atoms with van der Waals surface area (Å²) in [5, 5.41) is 9.64. The lowest BCUT2D eigenvalue weighted by Crippen LogP contribution is -2.41. The fourth-order valence-electron chi connectivity index (χ4n) is 3.87. The number of benzene rings is 2. The Morgan fingerprint density at radius 2 is 1.58 bits per heavy atom. The van der Waals surface area contributed by atoms with E-state index in [9.17, 15) is 14.7 Å². The van der Waals surface area contributed by atoms with Crippen LogP contribution in [-0.4, -0.2) is 35.0 Å². The van der Waals surface area contributed by atoms with E-state index in [0.717, 1.165) is 11.1 Å². The molecule has 4 heteroatoms. The number of carbonyl (C=O) groups excluding carboxylic acids is 1. The van der Waals surface area contributed by atoms with Crippen molar-refractivity contribution in [3.8, 4) is 0 Å². The van der Waals surface area contributed by atoms with Crippen LogP contribution in [0, 0.1) is 11.3 Å². The second-order valence-corrected chi connectivity index (χ2v) is 7.72. The van der Waals surface area contributed by atoms with Crippen molar-refractivity contribution in [3.05, 3.63) is 71.8 Å². The minimum Gasteiger partial charge on any atom is -0.481 e. The molecule has 2 atom stereocenters. The highest BCUT2D eigenvalue weighted by atomic mass is 16.4. The summed E-state index contributed by atoms with van der Waals surface area (Å²) >= 11 is 0. The minimum absolute atomic E-state index is 0.0195. The summed E-state index contributed by atoms with van der Waals surface area (Å²) in [7, 11) is 0. The van der Waals surface area contributed by atoms with Gasteiger partial charge in [0.2, 0.25) is 5.91 Å². The van der Waals surface area contributed by atoms with Crippen LogP contribution < -0.4 is 0 Å². The number of nitrogens with zero attached hydrogens (tertiary/aromatic N) is 1. The summed E-state index contributed by atoms with van der Waals surface area (Å²) in [6, 6.07) is 19.6. The summed E-state index contributed by atoms with van der Waals surface area (Å²) < 4.78 is 0. The molecule has 1 aliphatic heterocycles. The normalized spacial score (nSPS) is 20.2. The Bertz CT molecular complexity index is 770. The zero-order valence-electron chi connectivity index (χ0n) is 15.3. The first-order chi connectivity index (χ1) is 12.4. The largest absolute Gasteiger partial charge is 0.481 e. The van der Waals surface area contributed by atoms with Crippen LogP contribution in [0.4, 0.5) is 0 Å². The van der Waals surface area contributed by atoms with Crippen LogP contribution in [0.25, 0.3) is 0 Å². The fraction of sp³-hybridized carbons (Fsp3) is 0.364. The topological polar surface area (TPSA) is 57.6 Å². The van der Waals surface area contributed by atoms with Crippen molar-refractivity contribution in [2.75, 3.05) is 13.1 Å². The minimum atomic E-state index is -0.838. The van der Waals surface area contributed by atoms with Gasteiger partial charge < -0.3 is 10.0 Å². The predicted octanol–water partition coefficient (Wildman–Crippen LogP) is 3.58. The number of hydrogen-bond donors (Lipinski definition) is 1. The molecule has 1 fully saturated rings. The maximum atomic E-state index is 13.1. The van der Waals surface area contributed by atoms with Gasteiger partial charge in [0.25, 0.3) is 0 Å². The third kappa shape index (κ3) is 3.79. The highest BCUT2D eigenvalue weighted by Gasteiger charge is 2.43. The Balaban J connectivity index is 1.78. The summed E-state index contributed by atoms with van der Waals surface area (Å²) in [4.78, 5) is 26.6. The van der Waals surface area contributed by atoms with E-state index < -0.39 is 17.3 Å². The Kier molecular flexibility index (Phi) is 5.12.